The molecule has 20 heavy (non-hydrogen) atoms. The van der Waals surface area contributed by atoms with Crippen LogP contribution >= 0.6 is 27.3 Å². The molecule has 1 aromatic carbocycles. The van der Waals surface area contributed by atoms with Crippen LogP contribution in [0.2, 0.25) is 0 Å². The molecule has 0 fully saturated rings. The van der Waals surface area contributed by atoms with Crippen molar-refractivity contribution in [2.45, 2.75) is 20.4 Å². The van der Waals surface area contributed by atoms with Crippen molar-refractivity contribution in [3.8, 4) is 11.5 Å². The molecule has 1 aromatic heterocycles. The largest absolute Gasteiger partial charge is 0.493 e. The normalized spacial score (nSPS) is 10.4. The summed E-state index contributed by atoms with van der Waals surface area (Å²) in [5.41, 5.74) is 1.07. The van der Waals surface area contributed by atoms with E-state index in [0.29, 0.717) is 18.9 Å². The van der Waals surface area contributed by atoms with E-state index in [2.05, 4.69) is 31.4 Å². The quantitative estimate of drug-likeness (QED) is 0.855. The lowest BCUT2D eigenvalue weighted by Gasteiger charge is -2.13. The van der Waals surface area contributed by atoms with Crippen LogP contribution in [0.4, 0.5) is 5.13 Å². The second-order valence-corrected chi connectivity index (χ2v) is 6.06. The van der Waals surface area contributed by atoms with Crippen molar-refractivity contribution in [3.63, 3.8) is 0 Å². The number of aromatic nitrogens is 2. The topological polar surface area (TPSA) is 56.3 Å². The molecule has 0 aliphatic rings. The van der Waals surface area contributed by atoms with Gasteiger partial charge >= 0.3 is 0 Å². The van der Waals surface area contributed by atoms with E-state index in [4.69, 9.17) is 9.47 Å². The molecule has 0 bridgehead atoms. The first-order valence-corrected chi connectivity index (χ1v) is 7.78. The van der Waals surface area contributed by atoms with Gasteiger partial charge in [0.2, 0.25) is 5.13 Å². The van der Waals surface area contributed by atoms with Crippen LogP contribution in [0.3, 0.4) is 0 Å². The molecule has 2 rings (SSSR count). The first kappa shape index (κ1) is 15.1. The Bertz CT molecular complexity index is 589. The van der Waals surface area contributed by atoms with E-state index in [1.54, 1.807) is 7.11 Å². The van der Waals surface area contributed by atoms with Crippen molar-refractivity contribution in [2.75, 3.05) is 19.0 Å². The maximum atomic E-state index is 5.57. The third-order valence-corrected chi connectivity index (χ3v) is 3.93. The number of halogens is 1. The Kier molecular flexibility index (Phi) is 5.19. The second kappa shape index (κ2) is 6.90. The first-order valence-electron chi connectivity index (χ1n) is 6.17. The summed E-state index contributed by atoms with van der Waals surface area (Å²) in [4.78, 5) is 0. The van der Waals surface area contributed by atoms with Crippen LogP contribution in [0.15, 0.2) is 16.6 Å². The van der Waals surface area contributed by atoms with Gasteiger partial charge in [0.05, 0.1) is 18.2 Å². The number of hydrogen-bond acceptors (Lipinski definition) is 6. The molecular weight excluding hydrogens is 342 g/mol. The lowest BCUT2D eigenvalue weighted by atomic mass is 10.2. The third-order valence-electron chi connectivity index (χ3n) is 2.55. The van der Waals surface area contributed by atoms with Gasteiger partial charge in [-0.05, 0) is 47.5 Å². The fraction of sp³-hybridized carbons (Fsp3) is 0.385. The summed E-state index contributed by atoms with van der Waals surface area (Å²) in [7, 11) is 1.63. The number of rotatable bonds is 6. The molecule has 5 nitrogen and oxygen atoms in total. The maximum absolute atomic E-state index is 5.57. The summed E-state index contributed by atoms with van der Waals surface area (Å²) in [6.45, 7) is 5.12. The summed E-state index contributed by atoms with van der Waals surface area (Å²) in [6, 6.07) is 3.96. The second-order valence-electron chi connectivity index (χ2n) is 4.02. The number of nitrogens with zero attached hydrogens (tertiary/aromatic N) is 2. The van der Waals surface area contributed by atoms with Gasteiger partial charge in [0.15, 0.2) is 11.5 Å². The molecule has 7 heteroatoms. The summed E-state index contributed by atoms with van der Waals surface area (Å²) >= 11 is 5.04. The highest BCUT2D eigenvalue weighted by Gasteiger charge is 2.11. The Hall–Kier alpha value is -1.34. The lowest BCUT2D eigenvalue weighted by Crippen LogP contribution is -2.02. The molecule has 0 unspecified atom stereocenters. The van der Waals surface area contributed by atoms with E-state index in [1.807, 2.05) is 26.0 Å². The fourth-order valence-electron chi connectivity index (χ4n) is 1.71. The standard InChI is InChI=1S/C13H16BrN3O2S/c1-4-19-12-10(14)5-9(6-11(12)18-3)7-15-13-17-16-8(2)20-13/h5-6H,4,7H2,1-3H3,(H,15,17). The predicted octanol–water partition coefficient (Wildman–Crippen LogP) is 3.63. The molecule has 108 valence electrons. The van der Waals surface area contributed by atoms with E-state index in [9.17, 15) is 0 Å². The molecule has 0 saturated heterocycles. The SMILES string of the molecule is CCOc1c(Br)cc(CNc2nnc(C)s2)cc1OC. The molecular formula is C13H16BrN3O2S. The van der Waals surface area contributed by atoms with E-state index in [1.165, 1.54) is 11.3 Å². The highest BCUT2D eigenvalue weighted by atomic mass is 79.9. The van der Waals surface area contributed by atoms with Crippen LogP contribution in [0, 0.1) is 6.92 Å². The molecule has 1 N–H and O–H groups in total. The summed E-state index contributed by atoms with van der Waals surface area (Å²) in [5, 5.41) is 13.0. The number of nitrogens with one attached hydrogen (secondary N) is 1. The number of benzene rings is 1. The van der Waals surface area contributed by atoms with Gasteiger partial charge in [0.1, 0.15) is 5.01 Å². The highest BCUT2D eigenvalue weighted by Crippen LogP contribution is 2.36. The molecule has 0 radical (unpaired) electrons. The molecule has 2 aromatic rings. The van der Waals surface area contributed by atoms with Gasteiger partial charge in [-0.1, -0.05) is 11.3 Å². The molecule has 0 spiro atoms. The average molecular weight is 358 g/mol. The van der Waals surface area contributed by atoms with Crippen molar-refractivity contribution in [1.29, 1.82) is 0 Å². The fourth-order valence-corrected chi connectivity index (χ4v) is 2.90. The van der Waals surface area contributed by atoms with Crippen LogP contribution < -0.4 is 14.8 Å². The number of aryl methyl sites for hydroxylation is 1. The molecule has 0 saturated carbocycles. The van der Waals surface area contributed by atoms with Crippen LogP contribution in [-0.4, -0.2) is 23.9 Å². The van der Waals surface area contributed by atoms with Crippen molar-refractivity contribution in [2.24, 2.45) is 0 Å². The molecule has 0 amide bonds. The first-order chi connectivity index (χ1) is 9.63. The summed E-state index contributed by atoms with van der Waals surface area (Å²) in [5.74, 6) is 1.44. The van der Waals surface area contributed by atoms with Crippen molar-refractivity contribution in [3.05, 3.63) is 27.2 Å². The van der Waals surface area contributed by atoms with Gasteiger partial charge in [-0.15, -0.1) is 10.2 Å². The number of ether oxygens (including phenoxy) is 2. The number of hydrogen-bond donors (Lipinski definition) is 1. The van der Waals surface area contributed by atoms with Gasteiger partial charge in [0.25, 0.3) is 0 Å². The molecule has 0 atom stereocenters. The van der Waals surface area contributed by atoms with Gasteiger partial charge < -0.3 is 14.8 Å². The van der Waals surface area contributed by atoms with E-state index < -0.39 is 0 Å². The van der Waals surface area contributed by atoms with E-state index in [0.717, 1.165) is 25.9 Å². The number of anilines is 1. The zero-order valence-corrected chi connectivity index (χ0v) is 14.0. The van der Waals surface area contributed by atoms with Gasteiger partial charge in [-0.3, -0.25) is 0 Å². The Morgan fingerprint density at radius 1 is 1.35 bits per heavy atom. The molecule has 0 aliphatic heterocycles. The van der Waals surface area contributed by atoms with Gasteiger partial charge in [-0.25, -0.2) is 0 Å². The monoisotopic (exact) mass is 357 g/mol. The van der Waals surface area contributed by atoms with Crippen molar-refractivity contribution in [1.82, 2.24) is 10.2 Å². The minimum Gasteiger partial charge on any atom is -0.493 e. The minimum atomic E-state index is 0.594. The Morgan fingerprint density at radius 3 is 2.75 bits per heavy atom. The highest BCUT2D eigenvalue weighted by molar-refractivity contribution is 9.10. The van der Waals surface area contributed by atoms with Crippen LogP contribution in [-0.2, 0) is 6.54 Å². The van der Waals surface area contributed by atoms with Crippen LogP contribution in [0.1, 0.15) is 17.5 Å². The average Bonchev–Trinajstić information content (AvgIpc) is 2.85. The van der Waals surface area contributed by atoms with E-state index >= 15 is 0 Å². The Morgan fingerprint density at radius 2 is 2.15 bits per heavy atom. The lowest BCUT2D eigenvalue weighted by molar-refractivity contribution is 0.308. The zero-order valence-electron chi connectivity index (χ0n) is 11.6. The van der Waals surface area contributed by atoms with Crippen LogP contribution in [0.5, 0.6) is 11.5 Å². The number of methoxy groups -OCH3 is 1. The minimum absolute atomic E-state index is 0.594. The Labute approximate surface area is 130 Å². The predicted molar refractivity (Wildman–Crippen MR) is 83.8 cm³/mol. The zero-order chi connectivity index (χ0) is 14.5. The smallest absolute Gasteiger partial charge is 0.205 e. The summed E-state index contributed by atoms with van der Waals surface area (Å²) < 4.78 is 11.8. The van der Waals surface area contributed by atoms with Crippen molar-refractivity contribution < 1.29 is 9.47 Å². The molecule has 1 heterocycles. The Balaban J connectivity index is 2.14. The summed E-state index contributed by atoms with van der Waals surface area (Å²) in [6.07, 6.45) is 0. The van der Waals surface area contributed by atoms with Crippen molar-refractivity contribution >= 4 is 32.4 Å². The molecule has 0 aliphatic carbocycles. The maximum Gasteiger partial charge on any atom is 0.205 e. The third kappa shape index (κ3) is 3.61. The van der Waals surface area contributed by atoms with Gasteiger partial charge in [0, 0.05) is 6.54 Å². The van der Waals surface area contributed by atoms with E-state index in [-0.39, 0.29) is 0 Å². The van der Waals surface area contributed by atoms with Gasteiger partial charge in [-0.2, -0.15) is 0 Å². The van der Waals surface area contributed by atoms with Crippen LogP contribution in [0.25, 0.3) is 0 Å².